The van der Waals surface area contributed by atoms with Gasteiger partial charge in [-0.15, -0.1) is 0 Å². The molecule has 1 rings (SSSR count). The van der Waals surface area contributed by atoms with E-state index in [0.717, 1.165) is 25.7 Å². The minimum Gasteiger partial charge on any atom is -0.315 e. The second-order valence-corrected chi connectivity index (χ2v) is 4.14. The van der Waals surface area contributed by atoms with Crippen molar-refractivity contribution in [2.24, 2.45) is 0 Å². The van der Waals surface area contributed by atoms with Crippen LogP contribution >= 0.6 is 0 Å². The summed E-state index contributed by atoms with van der Waals surface area (Å²) in [6.07, 6.45) is 4.05. The van der Waals surface area contributed by atoms with E-state index in [4.69, 9.17) is 0 Å². The molecule has 0 heterocycles. The number of nitrogens with one attached hydrogen (secondary N) is 2. The maximum Gasteiger partial charge on any atom is 0.0101 e. The Morgan fingerprint density at radius 2 is 1.92 bits per heavy atom. The van der Waals surface area contributed by atoms with Crippen LogP contribution in [-0.2, 0) is 0 Å². The zero-order chi connectivity index (χ0) is 9.52. The molecule has 0 unspecified atom stereocenters. The third-order valence-corrected chi connectivity index (χ3v) is 2.28. The van der Waals surface area contributed by atoms with Crippen molar-refractivity contribution in [1.29, 1.82) is 0 Å². The van der Waals surface area contributed by atoms with Crippen LogP contribution in [0.15, 0.2) is 0 Å². The molecule has 1 saturated carbocycles. The van der Waals surface area contributed by atoms with Crippen molar-refractivity contribution in [1.82, 2.24) is 15.5 Å². The predicted octanol–water partition coefficient (Wildman–Crippen LogP) is 0.280. The molecule has 0 aromatic rings. The molecule has 0 aliphatic heterocycles. The Hall–Kier alpha value is -0.120. The number of hydrogen-bond donors (Lipinski definition) is 2. The number of rotatable bonds is 8. The summed E-state index contributed by atoms with van der Waals surface area (Å²) >= 11 is 0. The summed E-state index contributed by atoms with van der Waals surface area (Å²) in [4.78, 5) is 2.20. The summed E-state index contributed by atoms with van der Waals surface area (Å²) in [5.41, 5.74) is 0. The van der Waals surface area contributed by atoms with Gasteiger partial charge in [0.1, 0.15) is 0 Å². The Balaban J connectivity index is 1.68. The average Bonchev–Trinajstić information content (AvgIpc) is 2.86. The highest BCUT2D eigenvalue weighted by molar-refractivity contribution is 4.80. The molecule has 0 radical (unpaired) electrons. The topological polar surface area (TPSA) is 27.3 Å². The van der Waals surface area contributed by atoms with Gasteiger partial charge in [-0.1, -0.05) is 0 Å². The number of hydrogen-bond acceptors (Lipinski definition) is 3. The molecular weight excluding hydrogens is 162 g/mol. The lowest BCUT2D eigenvalue weighted by molar-refractivity contribution is 0.399. The van der Waals surface area contributed by atoms with E-state index in [1.165, 1.54) is 25.8 Å². The summed E-state index contributed by atoms with van der Waals surface area (Å²) in [7, 11) is 4.21. The fourth-order valence-corrected chi connectivity index (χ4v) is 1.23. The fraction of sp³-hybridized carbons (Fsp3) is 1.00. The Bertz CT molecular complexity index is 115. The molecule has 1 aliphatic rings. The minimum atomic E-state index is 0.863. The average molecular weight is 185 g/mol. The van der Waals surface area contributed by atoms with Crippen molar-refractivity contribution in [3.8, 4) is 0 Å². The first kappa shape index (κ1) is 11.0. The molecule has 2 N–H and O–H groups in total. The molecule has 1 fully saturated rings. The largest absolute Gasteiger partial charge is 0.315 e. The van der Waals surface area contributed by atoms with Gasteiger partial charge in [-0.05, 0) is 46.4 Å². The van der Waals surface area contributed by atoms with Crippen LogP contribution in [0.5, 0.6) is 0 Å². The van der Waals surface area contributed by atoms with Crippen molar-refractivity contribution in [2.75, 3.05) is 40.3 Å². The van der Waals surface area contributed by atoms with Crippen LogP contribution in [0.4, 0.5) is 0 Å². The zero-order valence-corrected chi connectivity index (χ0v) is 8.97. The lowest BCUT2D eigenvalue weighted by Gasteiger charge is -2.10. The standard InChI is InChI=1S/C10H23N3/c1-13(2)9-8-11-6-3-7-12-10-4-5-10/h10-12H,3-9H2,1-2H3. The molecule has 78 valence electrons. The highest BCUT2D eigenvalue weighted by atomic mass is 15.1. The second kappa shape index (κ2) is 6.35. The van der Waals surface area contributed by atoms with E-state index >= 15 is 0 Å². The molecule has 0 aromatic carbocycles. The Kier molecular flexibility index (Phi) is 5.35. The number of likely N-dealkylation sites (N-methyl/N-ethyl adjacent to an activating group) is 1. The van der Waals surface area contributed by atoms with E-state index in [1.54, 1.807) is 0 Å². The third-order valence-electron chi connectivity index (χ3n) is 2.28. The van der Waals surface area contributed by atoms with Crippen LogP contribution < -0.4 is 10.6 Å². The zero-order valence-electron chi connectivity index (χ0n) is 8.97. The molecule has 0 saturated heterocycles. The van der Waals surface area contributed by atoms with Gasteiger partial charge < -0.3 is 15.5 Å². The van der Waals surface area contributed by atoms with Gasteiger partial charge in [0.05, 0.1) is 0 Å². The maximum absolute atomic E-state index is 3.51. The Morgan fingerprint density at radius 3 is 2.54 bits per heavy atom. The number of nitrogens with zero attached hydrogens (tertiary/aromatic N) is 1. The SMILES string of the molecule is CN(C)CCNCCCNC1CC1. The van der Waals surface area contributed by atoms with Crippen molar-refractivity contribution < 1.29 is 0 Å². The lowest BCUT2D eigenvalue weighted by atomic mass is 10.4. The predicted molar refractivity (Wildman–Crippen MR) is 57.1 cm³/mol. The van der Waals surface area contributed by atoms with Crippen LogP contribution in [0.3, 0.4) is 0 Å². The van der Waals surface area contributed by atoms with Crippen LogP contribution in [0.1, 0.15) is 19.3 Å². The van der Waals surface area contributed by atoms with Crippen LogP contribution in [-0.4, -0.2) is 51.2 Å². The first-order valence-corrected chi connectivity index (χ1v) is 5.38. The first-order valence-electron chi connectivity index (χ1n) is 5.38. The summed E-state index contributed by atoms with van der Waals surface area (Å²) in [6.45, 7) is 4.57. The van der Waals surface area contributed by atoms with Crippen LogP contribution in [0, 0.1) is 0 Å². The van der Waals surface area contributed by atoms with Crippen LogP contribution in [0.25, 0.3) is 0 Å². The highest BCUT2D eigenvalue weighted by Crippen LogP contribution is 2.17. The van der Waals surface area contributed by atoms with E-state index in [1.807, 2.05) is 0 Å². The van der Waals surface area contributed by atoms with Gasteiger partial charge in [0, 0.05) is 19.1 Å². The molecule has 3 heteroatoms. The van der Waals surface area contributed by atoms with Gasteiger partial charge >= 0.3 is 0 Å². The van der Waals surface area contributed by atoms with Crippen molar-refractivity contribution in [2.45, 2.75) is 25.3 Å². The quantitative estimate of drug-likeness (QED) is 0.532. The van der Waals surface area contributed by atoms with Gasteiger partial charge in [-0.25, -0.2) is 0 Å². The summed E-state index contributed by atoms with van der Waals surface area (Å²) in [5, 5.41) is 6.94. The molecule has 3 nitrogen and oxygen atoms in total. The van der Waals surface area contributed by atoms with Gasteiger partial charge in [-0.2, -0.15) is 0 Å². The van der Waals surface area contributed by atoms with E-state index in [0.29, 0.717) is 0 Å². The molecule has 0 spiro atoms. The van der Waals surface area contributed by atoms with Gasteiger partial charge in [0.25, 0.3) is 0 Å². The second-order valence-electron chi connectivity index (χ2n) is 4.14. The highest BCUT2D eigenvalue weighted by Gasteiger charge is 2.19. The summed E-state index contributed by atoms with van der Waals surface area (Å²) < 4.78 is 0. The molecule has 0 bridgehead atoms. The van der Waals surface area contributed by atoms with E-state index in [9.17, 15) is 0 Å². The smallest absolute Gasteiger partial charge is 0.0101 e. The van der Waals surface area contributed by atoms with Crippen molar-refractivity contribution >= 4 is 0 Å². The first-order chi connectivity index (χ1) is 6.29. The molecular formula is C10H23N3. The molecule has 1 aliphatic carbocycles. The van der Waals surface area contributed by atoms with Gasteiger partial charge in [0.2, 0.25) is 0 Å². The molecule has 0 amide bonds. The fourth-order valence-electron chi connectivity index (χ4n) is 1.23. The van der Waals surface area contributed by atoms with Crippen molar-refractivity contribution in [3.63, 3.8) is 0 Å². The van der Waals surface area contributed by atoms with Gasteiger partial charge in [0.15, 0.2) is 0 Å². The Labute approximate surface area is 81.9 Å². The third kappa shape index (κ3) is 6.99. The molecule has 13 heavy (non-hydrogen) atoms. The molecule has 0 atom stereocenters. The van der Waals surface area contributed by atoms with Crippen molar-refractivity contribution in [3.05, 3.63) is 0 Å². The summed E-state index contributed by atoms with van der Waals surface area (Å²) in [6, 6.07) is 0.863. The normalized spacial score (nSPS) is 16.8. The monoisotopic (exact) mass is 185 g/mol. The lowest BCUT2D eigenvalue weighted by Crippen LogP contribution is -2.29. The van der Waals surface area contributed by atoms with E-state index in [2.05, 4.69) is 29.6 Å². The van der Waals surface area contributed by atoms with Gasteiger partial charge in [-0.3, -0.25) is 0 Å². The maximum atomic E-state index is 3.51. The van der Waals surface area contributed by atoms with E-state index < -0.39 is 0 Å². The molecule has 0 aromatic heterocycles. The van der Waals surface area contributed by atoms with Crippen LogP contribution in [0.2, 0.25) is 0 Å². The minimum absolute atomic E-state index is 0.863. The Morgan fingerprint density at radius 1 is 1.15 bits per heavy atom. The summed E-state index contributed by atoms with van der Waals surface area (Å²) in [5.74, 6) is 0. The van der Waals surface area contributed by atoms with E-state index in [-0.39, 0.29) is 0 Å².